The molecule has 5 rings (SSSR count). The van der Waals surface area contributed by atoms with E-state index < -0.39 is 0 Å². The molecule has 0 saturated heterocycles. The molecule has 0 aliphatic heterocycles. The molecule has 32 heavy (non-hydrogen) atoms. The Morgan fingerprint density at radius 1 is 1.00 bits per heavy atom. The van der Waals surface area contributed by atoms with Gasteiger partial charge in [0, 0.05) is 29.6 Å². The van der Waals surface area contributed by atoms with Crippen LogP contribution >= 0.6 is 0 Å². The maximum Gasteiger partial charge on any atom is 0.271 e. The van der Waals surface area contributed by atoms with Crippen LogP contribution in [0.2, 0.25) is 0 Å². The minimum Gasteiger partial charge on any atom is -0.392 e. The Balaban J connectivity index is 1.79. The highest BCUT2D eigenvalue weighted by Crippen LogP contribution is 2.33. The van der Waals surface area contributed by atoms with Crippen LogP contribution in [0.3, 0.4) is 0 Å². The lowest BCUT2D eigenvalue weighted by Crippen LogP contribution is -2.21. The number of halogens is 1. The zero-order valence-corrected chi connectivity index (χ0v) is 17.1. The van der Waals surface area contributed by atoms with Crippen molar-refractivity contribution in [3.05, 3.63) is 100 Å². The number of aliphatic hydroxyl groups is 1. The van der Waals surface area contributed by atoms with Crippen molar-refractivity contribution in [1.29, 1.82) is 0 Å². The maximum absolute atomic E-state index is 13.5. The molecule has 0 atom stereocenters. The number of aromatic nitrogens is 5. The van der Waals surface area contributed by atoms with Gasteiger partial charge in [0.2, 0.25) is 0 Å². The van der Waals surface area contributed by atoms with Crippen LogP contribution in [0.5, 0.6) is 0 Å². The first-order valence-corrected chi connectivity index (χ1v) is 9.96. The summed E-state index contributed by atoms with van der Waals surface area (Å²) in [5.74, 6) is -0.356. The van der Waals surface area contributed by atoms with Crippen LogP contribution < -0.4 is 5.56 Å². The molecule has 0 fully saturated rings. The van der Waals surface area contributed by atoms with Crippen LogP contribution in [0, 0.1) is 12.7 Å². The van der Waals surface area contributed by atoms with Crippen LogP contribution in [0.4, 0.5) is 4.39 Å². The lowest BCUT2D eigenvalue weighted by molar-refractivity contribution is 0.280. The molecule has 0 spiro atoms. The van der Waals surface area contributed by atoms with Gasteiger partial charge in [-0.2, -0.15) is 14.9 Å². The Morgan fingerprint density at radius 3 is 2.53 bits per heavy atom. The van der Waals surface area contributed by atoms with Gasteiger partial charge in [-0.25, -0.2) is 13.9 Å². The number of nitrogens with zero attached hydrogens (tertiary/aromatic N) is 5. The van der Waals surface area contributed by atoms with E-state index in [4.69, 9.17) is 0 Å². The fourth-order valence-corrected chi connectivity index (χ4v) is 3.62. The second-order valence-corrected chi connectivity index (χ2v) is 7.37. The Morgan fingerprint density at radius 2 is 1.78 bits per heavy atom. The van der Waals surface area contributed by atoms with Gasteiger partial charge < -0.3 is 5.11 Å². The third kappa shape index (κ3) is 3.36. The molecule has 8 heteroatoms. The fraction of sp³-hybridized carbons (Fsp3) is 0.0833. The average molecular weight is 427 g/mol. The summed E-state index contributed by atoms with van der Waals surface area (Å²) in [5.41, 5.74) is 4.72. The summed E-state index contributed by atoms with van der Waals surface area (Å²) >= 11 is 0. The van der Waals surface area contributed by atoms with Crippen LogP contribution in [-0.4, -0.2) is 29.5 Å². The van der Waals surface area contributed by atoms with Crippen LogP contribution in [0.1, 0.15) is 11.1 Å². The third-order valence-corrected chi connectivity index (χ3v) is 5.23. The second kappa shape index (κ2) is 7.82. The summed E-state index contributed by atoms with van der Waals surface area (Å²) in [4.78, 5) is 17.1. The van der Waals surface area contributed by atoms with Gasteiger partial charge in [0.15, 0.2) is 5.65 Å². The highest BCUT2D eigenvalue weighted by atomic mass is 19.1. The molecule has 158 valence electrons. The highest BCUT2D eigenvalue weighted by Gasteiger charge is 2.20. The molecule has 3 heterocycles. The van der Waals surface area contributed by atoms with Crippen molar-refractivity contribution in [3.8, 4) is 28.2 Å². The number of hydrogen-bond donors (Lipinski definition) is 1. The van der Waals surface area contributed by atoms with Crippen LogP contribution in [0.15, 0.2) is 77.9 Å². The molecule has 5 aromatic rings. The van der Waals surface area contributed by atoms with E-state index in [9.17, 15) is 14.3 Å². The summed E-state index contributed by atoms with van der Waals surface area (Å²) in [6.07, 6.45) is 3.24. The third-order valence-electron chi connectivity index (χ3n) is 5.23. The number of para-hydroxylation sites is 1. The topological polar surface area (TPSA) is 85.3 Å². The minimum absolute atomic E-state index is 0.180. The molecule has 0 radical (unpaired) electrons. The summed E-state index contributed by atoms with van der Waals surface area (Å²) in [5, 5.41) is 18.7. The number of benzene rings is 2. The van der Waals surface area contributed by atoms with Crippen molar-refractivity contribution >= 4 is 5.65 Å². The lowest BCUT2D eigenvalue weighted by atomic mass is 10.1. The highest BCUT2D eigenvalue weighted by molar-refractivity contribution is 5.88. The molecule has 0 aliphatic rings. The van der Waals surface area contributed by atoms with Crippen molar-refractivity contribution in [3.63, 3.8) is 0 Å². The zero-order chi connectivity index (χ0) is 22.2. The van der Waals surface area contributed by atoms with Crippen molar-refractivity contribution in [1.82, 2.24) is 24.4 Å². The molecule has 0 unspecified atom stereocenters. The van der Waals surface area contributed by atoms with E-state index in [1.807, 2.05) is 31.2 Å². The lowest BCUT2D eigenvalue weighted by Gasteiger charge is -2.10. The van der Waals surface area contributed by atoms with E-state index in [1.54, 1.807) is 35.1 Å². The monoisotopic (exact) mass is 427 g/mol. The molecular weight excluding hydrogens is 409 g/mol. The van der Waals surface area contributed by atoms with Crippen molar-refractivity contribution in [2.24, 2.45) is 0 Å². The van der Waals surface area contributed by atoms with Gasteiger partial charge in [0.25, 0.3) is 5.56 Å². The maximum atomic E-state index is 13.5. The van der Waals surface area contributed by atoms with Crippen molar-refractivity contribution in [2.75, 3.05) is 0 Å². The predicted molar refractivity (Wildman–Crippen MR) is 118 cm³/mol. The first kappa shape index (κ1) is 19.8. The predicted octanol–water partition coefficient (Wildman–Crippen LogP) is 3.55. The summed E-state index contributed by atoms with van der Waals surface area (Å²) in [6.45, 7) is 1.73. The first-order valence-electron chi connectivity index (χ1n) is 9.96. The summed E-state index contributed by atoms with van der Waals surface area (Å²) < 4.78 is 16.4. The molecule has 0 aliphatic carbocycles. The molecule has 3 aromatic heterocycles. The second-order valence-electron chi connectivity index (χ2n) is 7.37. The average Bonchev–Trinajstić information content (AvgIpc) is 3.19. The number of rotatable bonds is 4. The van der Waals surface area contributed by atoms with Gasteiger partial charge in [-0.3, -0.25) is 4.79 Å². The van der Waals surface area contributed by atoms with Crippen molar-refractivity contribution < 1.29 is 9.50 Å². The minimum atomic E-state index is -0.356. The largest absolute Gasteiger partial charge is 0.392 e. The van der Waals surface area contributed by atoms with Crippen LogP contribution in [0.25, 0.3) is 33.8 Å². The SMILES string of the molecule is Cc1ccccc1-n1nc(-c2c(-c3ccc(F)cc3)nn3cc(CO)cnc23)ccc1=O. The smallest absolute Gasteiger partial charge is 0.271 e. The van der Waals surface area contributed by atoms with E-state index in [-0.39, 0.29) is 18.0 Å². The molecule has 0 amide bonds. The standard InChI is InChI=1S/C24H18FN5O2/c1-15-4-2-3-5-20(15)30-21(32)11-10-19(27-30)22-23(17-6-8-18(25)9-7-17)28-29-13-16(14-31)12-26-24(22)29/h2-13,31H,14H2,1H3. The zero-order valence-electron chi connectivity index (χ0n) is 17.1. The van der Waals surface area contributed by atoms with E-state index in [1.165, 1.54) is 22.9 Å². The Hall–Kier alpha value is -4.17. The van der Waals surface area contributed by atoms with E-state index in [0.717, 1.165) is 5.56 Å². The molecule has 0 saturated carbocycles. The molecule has 0 bridgehead atoms. The van der Waals surface area contributed by atoms with Gasteiger partial charge in [-0.15, -0.1) is 0 Å². The van der Waals surface area contributed by atoms with Gasteiger partial charge in [0.1, 0.15) is 11.5 Å². The quantitative estimate of drug-likeness (QED) is 0.474. The van der Waals surface area contributed by atoms with Crippen molar-refractivity contribution in [2.45, 2.75) is 13.5 Å². The Kier molecular flexibility index (Phi) is 4.84. The number of hydrogen-bond acceptors (Lipinski definition) is 5. The van der Waals surface area contributed by atoms with Gasteiger partial charge in [-0.1, -0.05) is 18.2 Å². The summed E-state index contributed by atoms with van der Waals surface area (Å²) in [6, 6.07) is 16.5. The molecule has 7 nitrogen and oxygen atoms in total. The number of fused-ring (bicyclic) bond motifs is 1. The number of aliphatic hydroxyl groups excluding tert-OH is 1. The Labute approximate surface area is 182 Å². The van der Waals surface area contributed by atoms with E-state index in [2.05, 4.69) is 15.2 Å². The Bertz CT molecular complexity index is 1510. The van der Waals surface area contributed by atoms with E-state index >= 15 is 0 Å². The van der Waals surface area contributed by atoms with E-state index in [0.29, 0.717) is 39.4 Å². The van der Waals surface area contributed by atoms with Gasteiger partial charge in [-0.05, 0) is 48.9 Å². The molecular formula is C24H18FN5O2. The molecule has 2 aromatic carbocycles. The summed E-state index contributed by atoms with van der Waals surface area (Å²) in [7, 11) is 0. The molecule has 1 N–H and O–H groups in total. The van der Waals surface area contributed by atoms with Crippen LogP contribution in [-0.2, 0) is 6.61 Å². The fourth-order valence-electron chi connectivity index (χ4n) is 3.62. The number of aryl methyl sites for hydroxylation is 1. The first-order chi connectivity index (χ1) is 15.5. The van der Waals surface area contributed by atoms with Gasteiger partial charge >= 0.3 is 0 Å². The van der Waals surface area contributed by atoms with Gasteiger partial charge in [0.05, 0.1) is 23.6 Å². The normalized spacial score (nSPS) is 11.2.